The lowest BCUT2D eigenvalue weighted by atomic mass is 9.96. The lowest BCUT2D eigenvalue weighted by Gasteiger charge is -2.19. The summed E-state index contributed by atoms with van der Waals surface area (Å²) in [7, 11) is -3.38. The molecule has 3 nitrogen and oxygen atoms in total. The first-order valence-corrected chi connectivity index (χ1v) is 11.2. The molecule has 0 radical (unpaired) electrons. The molecule has 134 valence electrons. The summed E-state index contributed by atoms with van der Waals surface area (Å²) in [6, 6.07) is 0. The van der Waals surface area contributed by atoms with Gasteiger partial charge in [0, 0.05) is 0 Å². The summed E-state index contributed by atoms with van der Waals surface area (Å²) in [4.78, 5) is 9.97. The SMILES string of the molecule is CCCCC(CC)CP(=O)(O)OCCCCCC(CC)CC. The van der Waals surface area contributed by atoms with Gasteiger partial charge in [0.2, 0.25) is 0 Å². The van der Waals surface area contributed by atoms with Crippen molar-refractivity contribution in [3.8, 4) is 0 Å². The maximum absolute atomic E-state index is 12.1. The van der Waals surface area contributed by atoms with Crippen LogP contribution in [0, 0.1) is 11.8 Å². The van der Waals surface area contributed by atoms with Crippen molar-refractivity contribution in [2.75, 3.05) is 12.8 Å². The Morgan fingerprint density at radius 1 is 0.864 bits per heavy atom. The van der Waals surface area contributed by atoms with Crippen molar-refractivity contribution in [3.63, 3.8) is 0 Å². The molecule has 0 aliphatic heterocycles. The fourth-order valence-corrected chi connectivity index (χ4v) is 4.53. The highest BCUT2D eigenvalue weighted by atomic mass is 31.2. The van der Waals surface area contributed by atoms with Gasteiger partial charge >= 0.3 is 7.60 Å². The van der Waals surface area contributed by atoms with Crippen molar-refractivity contribution < 1.29 is 14.0 Å². The van der Waals surface area contributed by atoms with Crippen LogP contribution in [-0.4, -0.2) is 17.7 Å². The molecule has 4 heteroatoms. The topological polar surface area (TPSA) is 46.5 Å². The van der Waals surface area contributed by atoms with Crippen LogP contribution in [0.3, 0.4) is 0 Å². The fraction of sp³-hybridized carbons (Fsp3) is 1.00. The van der Waals surface area contributed by atoms with Gasteiger partial charge in [-0.1, -0.05) is 79.1 Å². The summed E-state index contributed by atoms with van der Waals surface area (Å²) in [5.74, 6) is 1.17. The molecule has 0 aliphatic carbocycles. The quantitative estimate of drug-likeness (QED) is 0.278. The second-order valence-electron chi connectivity index (χ2n) is 6.60. The van der Waals surface area contributed by atoms with E-state index in [9.17, 15) is 9.46 Å². The van der Waals surface area contributed by atoms with E-state index in [4.69, 9.17) is 4.52 Å². The molecular weight excluding hydrogens is 295 g/mol. The van der Waals surface area contributed by atoms with Crippen molar-refractivity contribution in [3.05, 3.63) is 0 Å². The molecule has 0 aromatic rings. The average molecular weight is 334 g/mol. The molecule has 2 unspecified atom stereocenters. The monoisotopic (exact) mass is 334 g/mol. The zero-order valence-corrected chi connectivity index (χ0v) is 16.2. The molecule has 1 N–H and O–H groups in total. The van der Waals surface area contributed by atoms with E-state index in [0.717, 1.165) is 44.4 Å². The van der Waals surface area contributed by atoms with Gasteiger partial charge in [-0.25, -0.2) is 0 Å². The molecule has 0 amide bonds. The molecule has 0 rings (SSSR count). The minimum absolute atomic E-state index is 0.325. The molecule has 0 aromatic carbocycles. The zero-order chi connectivity index (χ0) is 16.8. The Kier molecular flexibility index (Phi) is 13.7. The van der Waals surface area contributed by atoms with Crippen LogP contribution >= 0.6 is 7.60 Å². The minimum Gasteiger partial charge on any atom is -0.324 e. The van der Waals surface area contributed by atoms with E-state index in [1.54, 1.807) is 0 Å². The zero-order valence-electron chi connectivity index (χ0n) is 15.4. The van der Waals surface area contributed by atoms with Crippen molar-refractivity contribution in [2.45, 2.75) is 91.9 Å². The minimum atomic E-state index is -3.38. The molecule has 2 atom stereocenters. The van der Waals surface area contributed by atoms with Gasteiger partial charge in [-0.3, -0.25) is 4.57 Å². The second-order valence-corrected chi connectivity index (χ2v) is 8.50. The molecule has 0 aliphatic rings. The van der Waals surface area contributed by atoms with Gasteiger partial charge in [0.25, 0.3) is 0 Å². The standard InChI is InChI=1S/C18H39O3P/c1-5-9-13-18(8-4)16-22(19,20)21-15-12-10-11-14-17(6-2)7-3/h17-18H,5-16H2,1-4H3,(H,19,20). The summed E-state index contributed by atoms with van der Waals surface area (Å²) in [6.45, 7) is 9.19. The summed E-state index contributed by atoms with van der Waals surface area (Å²) >= 11 is 0. The smallest absolute Gasteiger partial charge is 0.324 e. The third-order valence-corrected chi connectivity index (χ3v) is 6.30. The molecule has 0 saturated carbocycles. The van der Waals surface area contributed by atoms with Gasteiger partial charge in [-0.05, 0) is 24.7 Å². The molecule has 0 bridgehead atoms. The van der Waals surface area contributed by atoms with Crippen molar-refractivity contribution in [1.29, 1.82) is 0 Å². The Hall–Kier alpha value is 0.150. The first-order valence-electron chi connectivity index (χ1n) is 9.45. The molecule has 22 heavy (non-hydrogen) atoms. The van der Waals surface area contributed by atoms with Crippen LogP contribution < -0.4 is 0 Å². The molecule has 0 heterocycles. The van der Waals surface area contributed by atoms with Gasteiger partial charge in [0.05, 0.1) is 12.8 Å². The lowest BCUT2D eigenvalue weighted by molar-refractivity contribution is 0.245. The normalized spacial score (nSPS) is 15.9. The highest BCUT2D eigenvalue weighted by Crippen LogP contribution is 2.45. The Morgan fingerprint density at radius 3 is 2.00 bits per heavy atom. The molecule has 0 fully saturated rings. The van der Waals surface area contributed by atoms with Crippen LogP contribution in [0.2, 0.25) is 0 Å². The lowest BCUT2D eigenvalue weighted by Crippen LogP contribution is -2.08. The Morgan fingerprint density at radius 2 is 1.45 bits per heavy atom. The van der Waals surface area contributed by atoms with Crippen molar-refractivity contribution in [2.24, 2.45) is 11.8 Å². The summed E-state index contributed by atoms with van der Waals surface area (Å²) in [5, 5.41) is 0. The third-order valence-electron chi connectivity index (χ3n) is 4.74. The number of rotatable bonds is 15. The number of hydrogen-bond acceptors (Lipinski definition) is 2. The van der Waals surface area contributed by atoms with Crippen LogP contribution in [0.4, 0.5) is 0 Å². The van der Waals surface area contributed by atoms with Gasteiger partial charge in [-0.15, -0.1) is 0 Å². The maximum atomic E-state index is 12.1. The molecular formula is C18H39O3P. The van der Waals surface area contributed by atoms with Crippen LogP contribution in [0.25, 0.3) is 0 Å². The molecule has 0 aromatic heterocycles. The van der Waals surface area contributed by atoms with E-state index < -0.39 is 7.60 Å². The highest BCUT2D eigenvalue weighted by molar-refractivity contribution is 7.52. The fourth-order valence-electron chi connectivity index (χ4n) is 2.91. The van der Waals surface area contributed by atoms with Crippen molar-refractivity contribution in [1.82, 2.24) is 0 Å². The number of hydrogen-bond donors (Lipinski definition) is 1. The van der Waals surface area contributed by atoms with E-state index in [0.29, 0.717) is 18.7 Å². The van der Waals surface area contributed by atoms with E-state index in [1.165, 1.54) is 25.7 Å². The van der Waals surface area contributed by atoms with Crippen LogP contribution in [0.15, 0.2) is 0 Å². The largest absolute Gasteiger partial charge is 0.328 e. The van der Waals surface area contributed by atoms with Crippen molar-refractivity contribution >= 4 is 7.60 Å². The summed E-state index contributed by atoms with van der Waals surface area (Å²) < 4.78 is 17.4. The van der Waals surface area contributed by atoms with Gasteiger partial charge in [0.15, 0.2) is 0 Å². The molecule has 0 spiro atoms. The van der Waals surface area contributed by atoms with Gasteiger partial charge in [0.1, 0.15) is 0 Å². The predicted molar refractivity (Wildman–Crippen MR) is 96.5 cm³/mol. The van der Waals surface area contributed by atoms with E-state index >= 15 is 0 Å². The Labute approximate surface area is 138 Å². The Balaban J connectivity index is 3.81. The number of unbranched alkanes of at least 4 members (excludes halogenated alkanes) is 3. The third kappa shape index (κ3) is 11.7. The predicted octanol–water partition coefficient (Wildman–Crippen LogP) is 6.40. The van der Waals surface area contributed by atoms with Crippen LogP contribution in [-0.2, 0) is 9.09 Å². The van der Waals surface area contributed by atoms with E-state index in [-0.39, 0.29) is 0 Å². The molecule has 0 saturated heterocycles. The van der Waals surface area contributed by atoms with E-state index in [1.807, 2.05) is 0 Å². The summed E-state index contributed by atoms with van der Waals surface area (Å²) in [6.07, 6.45) is 11.6. The van der Waals surface area contributed by atoms with Gasteiger partial charge in [-0.2, -0.15) is 0 Å². The first kappa shape index (κ1) is 22.1. The average Bonchev–Trinajstić information content (AvgIpc) is 2.50. The van der Waals surface area contributed by atoms with Crippen LogP contribution in [0.5, 0.6) is 0 Å². The van der Waals surface area contributed by atoms with Gasteiger partial charge < -0.3 is 9.42 Å². The van der Waals surface area contributed by atoms with Crippen LogP contribution in [0.1, 0.15) is 91.9 Å². The maximum Gasteiger partial charge on any atom is 0.328 e. The Bertz CT molecular complexity index is 290. The highest BCUT2D eigenvalue weighted by Gasteiger charge is 2.23. The first-order chi connectivity index (χ1) is 10.5. The van der Waals surface area contributed by atoms with E-state index in [2.05, 4.69) is 27.7 Å². The second kappa shape index (κ2) is 13.6. The summed E-state index contributed by atoms with van der Waals surface area (Å²) in [5.41, 5.74) is 0.